The van der Waals surface area contributed by atoms with Crippen LogP contribution in [0.15, 0.2) is 53.4 Å². The second-order valence-electron chi connectivity index (χ2n) is 5.68. The number of ether oxygens (including phenoxy) is 1. The van der Waals surface area contributed by atoms with Crippen LogP contribution in [-0.2, 0) is 9.59 Å². The molecule has 25 heavy (non-hydrogen) atoms. The molecule has 0 radical (unpaired) electrons. The first-order valence-corrected chi connectivity index (χ1v) is 9.36. The Kier molecular flexibility index (Phi) is 5.60. The van der Waals surface area contributed by atoms with Crippen LogP contribution in [0, 0.1) is 0 Å². The molecule has 0 atom stereocenters. The van der Waals surface area contributed by atoms with E-state index in [9.17, 15) is 9.59 Å². The van der Waals surface area contributed by atoms with E-state index in [0.29, 0.717) is 24.4 Å². The van der Waals surface area contributed by atoms with Crippen molar-refractivity contribution in [2.75, 3.05) is 29.6 Å². The van der Waals surface area contributed by atoms with Gasteiger partial charge in [0.05, 0.1) is 11.4 Å². The molecule has 1 N–H and O–H groups in total. The Bertz CT molecular complexity index is 762. The van der Waals surface area contributed by atoms with Gasteiger partial charge >= 0.3 is 0 Å². The van der Waals surface area contributed by atoms with Gasteiger partial charge in [-0.3, -0.25) is 9.59 Å². The van der Waals surface area contributed by atoms with Gasteiger partial charge in [-0.25, -0.2) is 0 Å². The lowest BCUT2D eigenvalue weighted by molar-refractivity contribution is -0.118. The highest BCUT2D eigenvalue weighted by Crippen LogP contribution is 2.29. The molecular weight excluding hydrogens is 336 g/mol. The van der Waals surface area contributed by atoms with Gasteiger partial charge in [0.15, 0.2) is 6.61 Å². The topological polar surface area (TPSA) is 58.6 Å². The number of carbonyl (C=O) groups excluding carboxylic acids is 2. The molecule has 1 saturated heterocycles. The van der Waals surface area contributed by atoms with Gasteiger partial charge in [0.25, 0.3) is 5.91 Å². The zero-order chi connectivity index (χ0) is 17.6. The third-order valence-electron chi connectivity index (χ3n) is 3.97. The van der Waals surface area contributed by atoms with E-state index < -0.39 is 0 Å². The number of para-hydroxylation sites is 2. The number of hydrogen-bond donors (Lipinski definition) is 1. The quantitative estimate of drug-likeness (QED) is 0.804. The van der Waals surface area contributed by atoms with Crippen molar-refractivity contribution in [3.63, 3.8) is 0 Å². The molecule has 1 aliphatic rings. The van der Waals surface area contributed by atoms with Crippen molar-refractivity contribution in [2.45, 2.75) is 17.7 Å². The van der Waals surface area contributed by atoms with Gasteiger partial charge in [-0.15, -0.1) is 11.8 Å². The van der Waals surface area contributed by atoms with Crippen LogP contribution in [-0.4, -0.2) is 31.2 Å². The number of anilines is 2. The summed E-state index contributed by atoms with van der Waals surface area (Å²) < 4.78 is 5.52. The maximum Gasteiger partial charge on any atom is 0.262 e. The molecule has 2 aromatic rings. The highest BCUT2D eigenvalue weighted by molar-refractivity contribution is 7.98. The number of thioether (sulfide) groups is 1. The van der Waals surface area contributed by atoms with Gasteiger partial charge in [0, 0.05) is 17.9 Å². The van der Waals surface area contributed by atoms with Crippen molar-refractivity contribution in [3.05, 3.63) is 48.5 Å². The predicted molar refractivity (Wildman–Crippen MR) is 100 cm³/mol. The molecule has 1 heterocycles. The van der Waals surface area contributed by atoms with E-state index in [2.05, 4.69) is 5.32 Å². The summed E-state index contributed by atoms with van der Waals surface area (Å²) in [6.45, 7) is 0.602. The number of amides is 2. The van der Waals surface area contributed by atoms with E-state index in [0.717, 1.165) is 17.0 Å². The Morgan fingerprint density at radius 1 is 1.20 bits per heavy atom. The molecule has 6 heteroatoms. The van der Waals surface area contributed by atoms with Crippen LogP contribution in [0.2, 0.25) is 0 Å². The maximum absolute atomic E-state index is 12.2. The number of rotatable bonds is 6. The molecule has 0 aromatic heterocycles. The minimum Gasteiger partial charge on any atom is -0.484 e. The fraction of sp³-hybridized carbons (Fsp3) is 0.263. The molecule has 0 saturated carbocycles. The van der Waals surface area contributed by atoms with E-state index in [1.807, 2.05) is 48.7 Å². The first-order chi connectivity index (χ1) is 12.2. The van der Waals surface area contributed by atoms with Crippen molar-refractivity contribution in [3.8, 4) is 5.75 Å². The van der Waals surface area contributed by atoms with E-state index in [-0.39, 0.29) is 18.4 Å². The smallest absolute Gasteiger partial charge is 0.262 e. The normalized spacial score (nSPS) is 13.8. The fourth-order valence-corrected chi connectivity index (χ4v) is 3.13. The average molecular weight is 356 g/mol. The monoisotopic (exact) mass is 356 g/mol. The van der Waals surface area contributed by atoms with Gasteiger partial charge in [0.2, 0.25) is 5.91 Å². The number of hydrogen-bond acceptors (Lipinski definition) is 4. The summed E-state index contributed by atoms with van der Waals surface area (Å²) in [5, 5.41) is 2.84. The van der Waals surface area contributed by atoms with Crippen molar-refractivity contribution in [2.24, 2.45) is 0 Å². The largest absolute Gasteiger partial charge is 0.484 e. The molecule has 1 aliphatic heterocycles. The Hall–Kier alpha value is -2.47. The molecule has 0 spiro atoms. The lowest BCUT2D eigenvalue weighted by atomic mass is 10.2. The molecule has 0 aliphatic carbocycles. The van der Waals surface area contributed by atoms with Gasteiger partial charge in [0.1, 0.15) is 5.75 Å². The molecule has 1 fully saturated rings. The minimum absolute atomic E-state index is 0.0824. The van der Waals surface area contributed by atoms with Crippen LogP contribution in [0.3, 0.4) is 0 Å². The molecule has 2 aromatic carbocycles. The van der Waals surface area contributed by atoms with Crippen LogP contribution < -0.4 is 15.0 Å². The number of carbonyl (C=O) groups is 2. The number of nitrogens with one attached hydrogen (secondary N) is 1. The summed E-state index contributed by atoms with van der Waals surface area (Å²) in [5.41, 5.74) is 1.37. The second-order valence-corrected chi connectivity index (χ2v) is 6.56. The lowest BCUT2D eigenvalue weighted by Crippen LogP contribution is -2.26. The molecular formula is C19H20N2O3S. The molecule has 3 rings (SSSR count). The Morgan fingerprint density at radius 2 is 1.96 bits per heavy atom. The Balaban J connectivity index is 1.62. The van der Waals surface area contributed by atoms with Gasteiger partial charge in [-0.2, -0.15) is 0 Å². The van der Waals surface area contributed by atoms with Crippen molar-refractivity contribution >= 4 is 35.0 Å². The number of benzene rings is 2. The summed E-state index contributed by atoms with van der Waals surface area (Å²) in [6.07, 6.45) is 3.40. The van der Waals surface area contributed by atoms with Crippen LogP contribution >= 0.6 is 11.8 Å². The standard InChI is InChI=1S/C19H20N2O3S/c1-25-15-10-8-14(9-11-15)24-13-18(22)20-16-5-2-3-6-17(16)21-12-4-7-19(21)23/h2-3,5-6,8-11H,4,7,12-13H2,1H3,(H,20,22). The maximum atomic E-state index is 12.2. The third-order valence-corrected chi connectivity index (χ3v) is 4.72. The highest BCUT2D eigenvalue weighted by Gasteiger charge is 2.24. The van der Waals surface area contributed by atoms with Gasteiger partial charge < -0.3 is 15.0 Å². The first-order valence-electron chi connectivity index (χ1n) is 8.13. The van der Waals surface area contributed by atoms with Gasteiger partial charge in [-0.05, 0) is 49.1 Å². The Labute approximate surface area is 151 Å². The zero-order valence-corrected chi connectivity index (χ0v) is 14.8. The van der Waals surface area contributed by atoms with Crippen molar-refractivity contribution < 1.29 is 14.3 Å². The Morgan fingerprint density at radius 3 is 2.64 bits per heavy atom. The molecule has 2 amide bonds. The summed E-state index contributed by atoms with van der Waals surface area (Å²) in [4.78, 5) is 27.0. The van der Waals surface area contributed by atoms with E-state index in [1.165, 1.54) is 0 Å². The SMILES string of the molecule is CSc1ccc(OCC(=O)Nc2ccccc2N2CCCC2=O)cc1. The average Bonchev–Trinajstić information content (AvgIpc) is 3.07. The molecule has 0 bridgehead atoms. The van der Waals surface area contributed by atoms with Crippen molar-refractivity contribution in [1.29, 1.82) is 0 Å². The van der Waals surface area contributed by atoms with Crippen LogP contribution in [0.5, 0.6) is 5.75 Å². The highest BCUT2D eigenvalue weighted by atomic mass is 32.2. The lowest BCUT2D eigenvalue weighted by Gasteiger charge is -2.20. The summed E-state index contributed by atoms with van der Waals surface area (Å²) >= 11 is 1.65. The predicted octanol–water partition coefficient (Wildman–Crippen LogP) is 3.55. The fourth-order valence-electron chi connectivity index (χ4n) is 2.72. The summed E-state index contributed by atoms with van der Waals surface area (Å²) in [6, 6.07) is 14.9. The van der Waals surface area contributed by atoms with Crippen LogP contribution in [0.25, 0.3) is 0 Å². The second kappa shape index (κ2) is 8.07. The molecule has 0 unspecified atom stereocenters. The van der Waals surface area contributed by atoms with E-state index in [1.54, 1.807) is 22.7 Å². The summed E-state index contributed by atoms with van der Waals surface area (Å²) in [7, 11) is 0. The van der Waals surface area contributed by atoms with E-state index in [4.69, 9.17) is 4.74 Å². The zero-order valence-electron chi connectivity index (χ0n) is 14.0. The van der Waals surface area contributed by atoms with E-state index >= 15 is 0 Å². The molecule has 130 valence electrons. The van der Waals surface area contributed by atoms with Crippen LogP contribution in [0.4, 0.5) is 11.4 Å². The molecule has 5 nitrogen and oxygen atoms in total. The third kappa shape index (κ3) is 4.33. The summed E-state index contributed by atoms with van der Waals surface area (Å²) in [5.74, 6) is 0.482. The number of nitrogens with zero attached hydrogens (tertiary/aromatic N) is 1. The van der Waals surface area contributed by atoms with Crippen molar-refractivity contribution in [1.82, 2.24) is 0 Å². The van der Waals surface area contributed by atoms with Crippen LogP contribution in [0.1, 0.15) is 12.8 Å². The minimum atomic E-state index is -0.256. The first kappa shape index (κ1) is 17.4. The van der Waals surface area contributed by atoms with Gasteiger partial charge in [-0.1, -0.05) is 12.1 Å².